The number of carbonyl (C=O) groups excluding carboxylic acids is 2. The second-order valence-electron chi connectivity index (χ2n) is 19.4. The number of hydrogen-bond acceptors (Lipinski definition) is 15. The molecule has 27 heteroatoms. The van der Waals surface area contributed by atoms with Crippen LogP contribution >= 0.6 is 0 Å². The molecule has 6 aliphatic rings. The van der Waals surface area contributed by atoms with Crippen molar-refractivity contribution in [3.63, 3.8) is 0 Å². The number of H-pyrrole nitrogens is 2. The SMILES string of the molecule is CC(C)NC(=O)O[C@@H]1CO[C@H](c2cc(Nc3ncc(-[n+]4[nH]c([C@H]5C[C@@H](F)[C@@H](OC(=O)NC67CC(C6)C7)C5)cc4Nc4nc(N5CCN(C)CC5)cc5nccn45)c4nc(OCC(F)(F)F)cn34)n[nH]2)[C@H]1F. The standard InChI is InChI=1S/C44H51F5N16O6/c1-22(2)52-41(66)71-30-20-68-37(36(30)46)27-12-31(59-58-27)53-39-51-18-28(38-56-35(19-64(38)39)69-21-44(47,48)49)65-34(55-40-54-33(14-32-50-4-5-63(32)40)62-8-6-61(3)7-9-62)13-26(60-65)24-10-25(45)29(11-24)70-42(67)57-43-15-23(16-43)17-43/h4-5,12-14,18-19,22-25,29-30,36-37H,6-11,15-17,20-21H2,1-3H3,(H5,50,51,52,53,54,55,56,57,58,59,60,66,67)/p+1/t23?,24-,25+,29-,30+,36-,37+,43?/m0/s1. The molecule has 6 atom stereocenters. The van der Waals surface area contributed by atoms with Crippen LogP contribution in [-0.2, 0) is 14.2 Å². The summed E-state index contributed by atoms with van der Waals surface area (Å²) in [6, 6.07) is 4.89. The molecule has 22 nitrogen and oxygen atoms in total. The maximum Gasteiger partial charge on any atom is 0.422 e. The molecule has 2 amide bonds. The third-order valence-electron chi connectivity index (χ3n) is 13.7. The molecule has 12 rings (SSSR count). The van der Waals surface area contributed by atoms with Gasteiger partial charge in [-0.3, -0.25) is 9.50 Å². The van der Waals surface area contributed by atoms with Gasteiger partial charge in [-0.05, 0) is 58.9 Å². The molecule has 6 aromatic heterocycles. The molecule has 0 radical (unpaired) electrons. The van der Waals surface area contributed by atoms with Gasteiger partial charge in [0.1, 0.15) is 29.8 Å². The van der Waals surface area contributed by atoms with Crippen molar-refractivity contribution in [3.8, 4) is 11.6 Å². The Morgan fingerprint density at radius 2 is 1.75 bits per heavy atom. The molecule has 8 heterocycles. The van der Waals surface area contributed by atoms with Crippen molar-refractivity contribution in [1.29, 1.82) is 0 Å². The fourth-order valence-electron chi connectivity index (χ4n) is 10.00. The van der Waals surface area contributed by atoms with Gasteiger partial charge in [0.25, 0.3) is 0 Å². The summed E-state index contributed by atoms with van der Waals surface area (Å²) < 4.78 is 98.4. The quantitative estimate of drug-likeness (QED) is 0.0619. The first-order valence-electron chi connectivity index (χ1n) is 23.5. The van der Waals surface area contributed by atoms with Gasteiger partial charge in [0.05, 0.1) is 36.5 Å². The molecule has 378 valence electrons. The number of rotatable bonds is 14. The molecule has 2 bridgehead atoms. The summed E-state index contributed by atoms with van der Waals surface area (Å²) in [6.45, 7) is 4.73. The Labute approximate surface area is 401 Å². The molecule has 2 saturated heterocycles. The minimum Gasteiger partial charge on any atom is -0.467 e. The van der Waals surface area contributed by atoms with Crippen molar-refractivity contribution in [2.75, 3.05) is 62.0 Å². The smallest absolute Gasteiger partial charge is 0.422 e. The number of likely N-dealkylation sites (N-methyl/N-ethyl adjacent to an activating group) is 1. The van der Waals surface area contributed by atoms with E-state index in [0.29, 0.717) is 34.8 Å². The van der Waals surface area contributed by atoms with Crippen molar-refractivity contribution < 1.29 is 55.2 Å². The molecule has 6 fully saturated rings. The van der Waals surface area contributed by atoms with E-state index in [9.17, 15) is 22.8 Å². The summed E-state index contributed by atoms with van der Waals surface area (Å²) >= 11 is 0. The number of nitrogens with one attached hydrogen (secondary N) is 6. The van der Waals surface area contributed by atoms with E-state index in [-0.39, 0.29) is 59.8 Å². The minimum atomic E-state index is -4.69. The van der Waals surface area contributed by atoms with Gasteiger partial charge < -0.3 is 44.7 Å². The molecule has 2 aliphatic heterocycles. The van der Waals surface area contributed by atoms with Crippen molar-refractivity contribution in [2.24, 2.45) is 5.92 Å². The van der Waals surface area contributed by atoms with E-state index in [4.69, 9.17) is 23.9 Å². The molecule has 0 unspecified atom stereocenters. The number of amides is 2. The lowest BCUT2D eigenvalue weighted by Crippen LogP contribution is -2.68. The highest BCUT2D eigenvalue weighted by molar-refractivity contribution is 5.70. The van der Waals surface area contributed by atoms with Gasteiger partial charge in [-0.2, -0.15) is 28.2 Å². The first-order valence-corrected chi connectivity index (χ1v) is 23.5. The zero-order valence-corrected chi connectivity index (χ0v) is 38.7. The molecule has 4 saturated carbocycles. The average molecular weight is 996 g/mol. The number of nitrogens with zero attached hydrogens (tertiary/aromatic N) is 10. The monoisotopic (exact) mass is 995 g/mol. The van der Waals surface area contributed by atoms with Gasteiger partial charge in [-0.1, -0.05) is 0 Å². The van der Waals surface area contributed by atoms with Crippen molar-refractivity contribution in [3.05, 3.63) is 54.4 Å². The maximum atomic E-state index is 15.8. The number of piperazine rings is 1. The molecule has 4 aliphatic carbocycles. The van der Waals surface area contributed by atoms with Crippen LogP contribution in [0.3, 0.4) is 0 Å². The fraction of sp³-hybridized carbons (Fsp3) is 0.545. The Kier molecular flexibility index (Phi) is 11.7. The summed E-state index contributed by atoms with van der Waals surface area (Å²) in [7, 11) is 2.05. The largest absolute Gasteiger partial charge is 0.467 e. The number of alkyl carbamates (subject to hydrolysis) is 2. The van der Waals surface area contributed by atoms with Gasteiger partial charge in [-0.25, -0.2) is 43.2 Å². The molecule has 6 aromatic rings. The van der Waals surface area contributed by atoms with Crippen LogP contribution in [0, 0.1) is 5.92 Å². The lowest BCUT2D eigenvalue weighted by molar-refractivity contribution is -0.640. The van der Waals surface area contributed by atoms with Gasteiger partial charge in [-0.15, -0.1) is 4.68 Å². The van der Waals surface area contributed by atoms with Gasteiger partial charge in [0.15, 0.2) is 30.3 Å². The molecule has 6 N–H and O–H groups in total. The van der Waals surface area contributed by atoms with Crippen LogP contribution in [0.5, 0.6) is 5.88 Å². The normalized spacial score (nSPS) is 26.4. The van der Waals surface area contributed by atoms with E-state index in [0.717, 1.165) is 45.4 Å². The van der Waals surface area contributed by atoms with Crippen LogP contribution in [-0.4, -0.2) is 150 Å². The zero-order valence-electron chi connectivity index (χ0n) is 38.7. The predicted molar refractivity (Wildman–Crippen MR) is 241 cm³/mol. The summed E-state index contributed by atoms with van der Waals surface area (Å²) in [5.41, 5.74) is 1.36. The van der Waals surface area contributed by atoms with Gasteiger partial charge in [0, 0.05) is 68.2 Å². The Balaban J connectivity index is 0.929. The summed E-state index contributed by atoms with van der Waals surface area (Å²) in [5.74, 6) is 1.28. The topological polar surface area (TPSA) is 234 Å². The number of fused-ring (bicyclic) bond motifs is 2. The molecule has 71 heavy (non-hydrogen) atoms. The Hall–Kier alpha value is -7.03. The number of halogens is 5. The highest BCUT2D eigenvalue weighted by atomic mass is 19.4. The fourth-order valence-corrected chi connectivity index (χ4v) is 10.00. The van der Waals surface area contributed by atoms with Gasteiger partial charge in [0.2, 0.25) is 17.5 Å². The lowest BCUT2D eigenvalue weighted by atomic mass is 9.50. The predicted octanol–water partition coefficient (Wildman–Crippen LogP) is 5.06. The first-order chi connectivity index (χ1) is 34.0. The Morgan fingerprint density at radius 1 is 0.958 bits per heavy atom. The van der Waals surface area contributed by atoms with Crippen molar-refractivity contribution >= 4 is 52.8 Å². The number of imidazole rings is 2. The van der Waals surface area contributed by atoms with Crippen LogP contribution in [0.4, 0.5) is 60.9 Å². The van der Waals surface area contributed by atoms with E-state index in [1.807, 2.05) is 6.07 Å². The lowest BCUT2D eigenvalue weighted by Gasteiger charge is -2.61. The third kappa shape index (κ3) is 9.38. The molecular formula is C44H52F5N16O6+. The molecule has 0 spiro atoms. The number of anilines is 5. The number of aromatic amines is 2. The number of aromatic nitrogens is 10. The highest BCUT2D eigenvalue weighted by Crippen LogP contribution is 2.57. The van der Waals surface area contributed by atoms with Gasteiger partial charge >= 0.3 is 30.1 Å². The van der Waals surface area contributed by atoms with Crippen molar-refractivity contribution in [1.82, 2.24) is 59.6 Å². The number of hydrogen-bond donors (Lipinski definition) is 6. The van der Waals surface area contributed by atoms with Crippen LogP contribution in [0.25, 0.3) is 17.0 Å². The van der Waals surface area contributed by atoms with Crippen LogP contribution in [0.2, 0.25) is 0 Å². The van der Waals surface area contributed by atoms with E-state index in [1.54, 1.807) is 41.4 Å². The summed E-state index contributed by atoms with van der Waals surface area (Å²) in [6.07, 6.45) is -3.82. The minimum absolute atomic E-state index is 0.0172. The van der Waals surface area contributed by atoms with E-state index in [2.05, 4.69) is 68.4 Å². The van der Waals surface area contributed by atoms with Crippen LogP contribution < -0.4 is 35.6 Å². The van der Waals surface area contributed by atoms with Crippen LogP contribution in [0.1, 0.15) is 69.4 Å². The number of carbonyl (C=O) groups is 2. The molecular weight excluding hydrogens is 944 g/mol. The van der Waals surface area contributed by atoms with Crippen LogP contribution in [0.15, 0.2) is 43.0 Å². The third-order valence-corrected chi connectivity index (χ3v) is 13.7. The second kappa shape index (κ2) is 18.0. The molecule has 0 aromatic carbocycles. The zero-order chi connectivity index (χ0) is 49.3. The number of ether oxygens (including phenoxy) is 4. The summed E-state index contributed by atoms with van der Waals surface area (Å²) in [5, 5.41) is 22.3. The first kappa shape index (κ1) is 46.4. The average Bonchev–Trinajstić information content (AvgIpc) is 4.16. The Bertz CT molecular complexity index is 2930. The Morgan fingerprint density at radius 3 is 2.49 bits per heavy atom. The van der Waals surface area contributed by atoms with E-state index >= 15 is 8.78 Å². The number of alkyl halides is 5. The maximum absolute atomic E-state index is 15.8. The highest BCUT2D eigenvalue weighted by Gasteiger charge is 2.58. The van der Waals surface area contributed by atoms with E-state index < -0.39 is 67.4 Å². The summed E-state index contributed by atoms with van der Waals surface area (Å²) in [4.78, 5) is 48.2. The van der Waals surface area contributed by atoms with E-state index in [1.165, 1.54) is 22.9 Å². The van der Waals surface area contributed by atoms with Crippen molar-refractivity contribution in [2.45, 2.75) is 100 Å². The second-order valence-corrected chi connectivity index (χ2v) is 19.4.